The van der Waals surface area contributed by atoms with E-state index in [0.717, 1.165) is 18.5 Å². The summed E-state index contributed by atoms with van der Waals surface area (Å²) in [5.74, 6) is 0. The van der Waals surface area contributed by atoms with E-state index in [2.05, 4.69) is 24.3 Å². The standard InChI is InChI=1S/C9H11N.C6H7N/c10-9-5-7-3-1-2-4-8(7)6-9;7-6-4-2-1-3-5-6/h1-4,9H,5-6,10H2;1-5H,7H2. The molecule has 0 atom stereocenters. The van der Waals surface area contributed by atoms with Crippen molar-refractivity contribution >= 4 is 5.69 Å². The molecule has 0 radical (unpaired) electrons. The second-order valence-corrected chi connectivity index (χ2v) is 4.35. The number of hydrogen-bond acceptors (Lipinski definition) is 2. The Balaban J connectivity index is 0.000000136. The van der Waals surface area contributed by atoms with Gasteiger partial charge in [0, 0.05) is 11.7 Å². The summed E-state index contributed by atoms with van der Waals surface area (Å²) < 4.78 is 0. The van der Waals surface area contributed by atoms with Crippen LogP contribution in [0.15, 0.2) is 54.6 Å². The van der Waals surface area contributed by atoms with E-state index in [1.807, 2.05) is 30.3 Å². The highest BCUT2D eigenvalue weighted by atomic mass is 14.6. The number of rotatable bonds is 0. The van der Waals surface area contributed by atoms with Gasteiger partial charge in [-0.1, -0.05) is 42.5 Å². The maximum atomic E-state index is 5.78. The van der Waals surface area contributed by atoms with Crippen molar-refractivity contribution in [2.24, 2.45) is 5.73 Å². The van der Waals surface area contributed by atoms with E-state index in [9.17, 15) is 0 Å². The maximum absolute atomic E-state index is 5.78. The Hall–Kier alpha value is -1.80. The fraction of sp³-hybridized carbons (Fsp3) is 0.200. The Morgan fingerprint density at radius 3 is 1.65 bits per heavy atom. The molecule has 0 saturated carbocycles. The lowest BCUT2D eigenvalue weighted by molar-refractivity contribution is 0.721. The first-order valence-corrected chi connectivity index (χ1v) is 5.88. The zero-order valence-corrected chi connectivity index (χ0v) is 9.84. The minimum atomic E-state index is 0.373. The normalized spacial score (nSPS) is 13.7. The molecule has 2 aromatic carbocycles. The highest BCUT2D eigenvalue weighted by Crippen LogP contribution is 2.19. The molecule has 0 heterocycles. The van der Waals surface area contributed by atoms with Crippen LogP contribution in [0.1, 0.15) is 11.1 Å². The van der Waals surface area contributed by atoms with Gasteiger partial charge in [-0.15, -0.1) is 0 Å². The predicted molar refractivity (Wildman–Crippen MR) is 72.7 cm³/mol. The smallest absolute Gasteiger partial charge is 0.0313 e. The van der Waals surface area contributed by atoms with Gasteiger partial charge in [0.15, 0.2) is 0 Å². The maximum Gasteiger partial charge on any atom is 0.0313 e. The van der Waals surface area contributed by atoms with Gasteiger partial charge in [-0.2, -0.15) is 0 Å². The van der Waals surface area contributed by atoms with Gasteiger partial charge in [-0.05, 0) is 36.1 Å². The fourth-order valence-corrected chi connectivity index (χ4v) is 2.05. The monoisotopic (exact) mass is 226 g/mol. The zero-order valence-electron chi connectivity index (χ0n) is 9.84. The highest BCUT2D eigenvalue weighted by Gasteiger charge is 2.15. The lowest BCUT2D eigenvalue weighted by atomic mass is 10.1. The number of nitrogens with two attached hydrogens (primary N) is 2. The Morgan fingerprint density at radius 2 is 1.24 bits per heavy atom. The molecule has 2 aromatic rings. The molecule has 1 aliphatic carbocycles. The van der Waals surface area contributed by atoms with E-state index in [-0.39, 0.29) is 0 Å². The van der Waals surface area contributed by atoms with E-state index in [1.165, 1.54) is 11.1 Å². The van der Waals surface area contributed by atoms with E-state index in [0.29, 0.717) is 6.04 Å². The SMILES string of the molecule is NC1Cc2ccccc2C1.Nc1ccccc1. The van der Waals surface area contributed by atoms with Gasteiger partial charge in [-0.25, -0.2) is 0 Å². The van der Waals surface area contributed by atoms with Gasteiger partial charge in [0.2, 0.25) is 0 Å². The Labute approximate surface area is 102 Å². The van der Waals surface area contributed by atoms with Crippen molar-refractivity contribution in [3.63, 3.8) is 0 Å². The summed E-state index contributed by atoms with van der Waals surface area (Å²) in [5.41, 5.74) is 14.8. The third kappa shape index (κ3) is 3.33. The summed E-state index contributed by atoms with van der Waals surface area (Å²) in [4.78, 5) is 0. The van der Waals surface area contributed by atoms with Crippen LogP contribution in [0.3, 0.4) is 0 Å². The zero-order chi connectivity index (χ0) is 12.1. The van der Waals surface area contributed by atoms with Crippen molar-refractivity contribution in [3.05, 3.63) is 65.7 Å². The van der Waals surface area contributed by atoms with E-state index in [4.69, 9.17) is 11.5 Å². The van der Waals surface area contributed by atoms with Crippen LogP contribution in [-0.2, 0) is 12.8 Å². The number of hydrogen-bond donors (Lipinski definition) is 2. The van der Waals surface area contributed by atoms with Gasteiger partial charge in [-0.3, -0.25) is 0 Å². The van der Waals surface area contributed by atoms with Crippen LogP contribution in [0.2, 0.25) is 0 Å². The number of para-hydroxylation sites is 1. The molecule has 0 fully saturated rings. The summed E-state index contributed by atoms with van der Waals surface area (Å²) in [7, 11) is 0. The molecule has 2 heteroatoms. The molecule has 2 nitrogen and oxygen atoms in total. The number of benzene rings is 2. The summed E-state index contributed by atoms with van der Waals surface area (Å²) >= 11 is 0. The quantitative estimate of drug-likeness (QED) is 0.678. The van der Waals surface area contributed by atoms with E-state index in [1.54, 1.807) is 0 Å². The molecule has 88 valence electrons. The van der Waals surface area contributed by atoms with E-state index >= 15 is 0 Å². The first kappa shape index (κ1) is 11.7. The molecule has 0 saturated heterocycles. The van der Waals surface area contributed by atoms with Crippen molar-refractivity contribution in [1.82, 2.24) is 0 Å². The summed E-state index contributed by atoms with van der Waals surface area (Å²) in [6, 6.07) is 18.4. The van der Waals surface area contributed by atoms with E-state index < -0.39 is 0 Å². The molecule has 17 heavy (non-hydrogen) atoms. The van der Waals surface area contributed by atoms with Crippen LogP contribution in [0.5, 0.6) is 0 Å². The van der Waals surface area contributed by atoms with Crippen molar-refractivity contribution < 1.29 is 0 Å². The predicted octanol–water partition coefficient (Wildman–Crippen LogP) is 2.38. The lowest BCUT2D eigenvalue weighted by Crippen LogP contribution is -2.18. The minimum absolute atomic E-state index is 0.373. The van der Waals surface area contributed by atoms with Crippen molar-refractivity contribution in [3.8, 4) is 0 Å². The Morgan fingerprint density at radius 1 is 0.765 bits per heavy atom. The molecule has 0 aromatic heterocycles. The molecule has 4 N–H and O–H groups in total. The lowest BCUT2D eigenvalue weighted by Gasteiger charge is -1.94. The molecule has 0 bridgehead atoms. The summed E-state index contributed by atoms with van der Waals surface area (Å²) in [6.07, 6.45) is 2.13. The second kappa shape index (κ2) is 5.51. The summed E-state index contributed by atoms with van der Waals surface area (Å²) in [6.45, 7) is 0. The Bertz CT molecular complexity index is 440. The number of anilines is 1. The molecule has 0 amide bonds. The highest BCUT2D eigenvalue weighted by molar-refractivity contribution is 5.36. The van der Waals surface area contributed by atoms with Crippen LogP contribution in [0, 0.1) is 0 Å². The number of nitrogen functional groups attached to an aromatic ring is 1. The van der Waals surface area contributed by atoms with Gasteiger partial charge in [0.25, 0.3) is 0 Å². The number of fused-ring (bicyclic) bond motifs is 1. The first-order valence-electron chi connectivity index (χ1n) is 5.88. The molecule has 0 aliphatic heterocycles. The molecule has 1 aliphatic rings. The fourth-order valence-electron chi connectivity index (χ4n) is 2.05. The van der Waals surface area contributed by atoms with Gasteiger partial charge >= 0.3 is 0 Å². The van der Waals surface area contributed by atoms with Crippen LogP contribution in [0.4, 0.5) is 5.69 Å². The Kier molecular flexibility index (Phi) is 3.78. The summed E-state index contributed by atoms with van der Waals surface area (Å²) in [5, 5.41) is 0. The molecular weight excluding hydrogens is 208 g/mol. The molecule has 3 rings (SSSR count). The topological polar surface area (TPSA) is 52.0 Å². The average molecular weight is 226 g/mol. The van der Waals surface area contributed by atoms with Crippen LogP contribution in [-0.4, -0.2) is 6.04 Å². The van der Waals surface area contributed by atoms with Crippen LogP contribution < -0.4 is 11.5 Å². The van der Waals surface area contributed by atoms with Gasteiger partial charge in [0.05, 0.1) is 0 Å². The third-order valence-electron chi connectivity index (χ3n) is 2.88. The average Bonchev–Trinajstić information content (AvgIpc) is 2.71. The largest absolute Gasteiger partial charge is 0.399 e. The third-order valence-corrected chi connectivity index (χ3v) is 2.88. The van der Waals surface area contributed by atoms with Crippen molar-refractivity contribution in [2.45, 2.75) is 18.9 Å². The van der Waals surface area contributed by atoms with Crippen LogP contribution >= 0.6 is 0 Å². The van der Waals surface area contributed by atoms with Gasteiger partial charge in [0.1, 0.15) is 0 Å². The second-order valence-electron chi connectivity index (χ2n) is 4.35. The van der Waals surface area contributed by atoms with Crippen molar-refractivity contribution in [1.29, 1.82) is 0 Å². The van der Waals surface area contributed by atoms with Crippen LogP contribution in [0.25, 0.3) is 0 Å². The van der Waals surface area contributed by atoms with Crippen molar-refractivity contribution in [2.75, 3.05) is 5.73 Å². The first-order chi connectivity index (χ1) is 8.25. The minimum Gasteiger partial charge on any atom is -0.399 e. The van der Waals surface area contributed by atoms with Gasteiger partial charge < -0.3 is 11.5 Å². The molecular formula is C15H18N2. The molecule has 0 unspecified atom stereocenters. The molecule has 0 spiro atoms.